The van der Waals surface area contributed by atoms with E-state index in [0.29, 0.717) is 11.8 Å². The van der Waals surface area contributed by atoms with Crippen LogP contribution in [0.25, 0.3) is 0 Å². The first-order valence-electron chi connectivity index (χ1n) is 20.2. The molecule has 7 aliphatic rings. The first kappa shape index (κ1) is 40.0. The molecule has 0 amide bonds. The van der Waals surface area contributed by atoms with E-state index in [2.05, 4.69) is 54.5 Å². The van der Waals surface area contributed by atoms with E-state index < -0.39 is 73.3 Å². The number of aliphatic carboxylic acids is 1. The number of aliphatic hydroxyl groups excluding tert-OH is 6. The lowest BCUT2D eigenvalue weighted by atomic mass is 9.33. The number of hydrogen-bond donors (Lipinski definition) is 7. The second kappa shape index (κ2) is 13.5. The van der Waals surface area contributed by atoms with Gasteiger partial charge in [-0.3, -0.25) is 4.79 Å². The van der Waals surface area contributed by atoms with Crippen molar-refractivity contribution in [1.82, 2.24) is 0 Å². The van der Waals surface area contributed by atoms with Crippen LogP contribution in [0.15, 0.2) is 11.6 Å². The van der Waals surface area contributed by atoms with Crippen LogP contribution in [0, 0.1) is 50.2 Å². The van der Waals surface area contributed by atoms with Crippen molar-refractivity contribution in [3.8, 4) is 0 Å². The van der Waals surface area contributed by atoms with Gasteiger partial charge in [-0.2, -0.15) is 0 Å². The zero-order valence-electron chi connectivity index (χ0n) is 32.7. The topological polar surface area (TPSA) is 196 Å². The molecule has 0 radical (unpaired) electrons. The van der Waals surface area contributed by atoms with Crippen LogP contribution in [0.5, 0.6) is 0 Å². The molecule has 53 heavy (non-hydrogen) atoms. The highest BCUT2D eigenvalue weighted by Crippen LogP contribution is 2.76. The van der Waals surface area contributed by atoms with Gasteiger partial charge in [0.15, 0.2) is 12.6 Å². The summed E-state index contributed by atoms with van der Waals surface area (Å²) in [6.07, 6.45) is -1.79. The maximum absolute atomic E-state index is 13.0. The Morgan fingerprint density at radius 1 is 0.811 bits per heavy atom. The number of ether oxygens (including phenoxy) is 4. The molecule has 0 spiro atoms. The van der Waals surface area contributed by atoms with Gasteiger partial charge in [-0.1, -0.05) is 60.1 Å². The quantitative estimate of drug-likeness (QED) is 0.155. The number of aliphatic hydroxyl groups is 6. The minimum atomic E-state index is -1.69. The second-order valence-electron chi connectivity index (χ2n) is 20.2. The summed E-state index contributed by atoms with van der Waals surface area (Å²) < 4.78 is 24.3. The van der Waals surface area contributed by atoms with Gasteiger partial charge in [0.05, 0.1) is 24.7 Å². The minimum Gasteiger partial charge on any atom is -0.481 e. The lowest BCUT2D eigenvalue weighted by Gasteiger charge is -2.71. The fourth-order valence-corrected chi connectivity index (χ4v) is 13.4. The van der Waals surface area contributed by atoms with E-state index >= 15 is 0 Å². The molecule has 0 bridgehead atoms. The third-order valence-corrected chi connectivity index (χ3v) is 16.9. The van der Waals surface area contributed by atoms with Crippen LogP contribution in [0.3, 0.4) is 0 Å². The molecule has 7 N–H and O–H groups in total. The molecule has 12 nitrogen and oxygen atoms in total. The van der Waals surface area contributed by atoms with Gasteiger partial charge in [0.1, 0.15) is 42.7 Å². The van der Waals surface area contributed by atoms with Crippen molar-refractivity contribution in [3.05, 3.63) is 11.6 Å². The van der Waals surface area contributed by atoms with Gasteiger partial charge in [0.2, 0.25) is 0 Å². The van der Waals surface area contributed by atoms with Crippen LogP contribution >= 0.6 is 0 Å². The first-order valence-corrected chi connectivity index (χ1v) is 20.2. The number of allylic oxidation sites excluding steroid dienone is 2. The smallest absolute Gasteiger partial charge is 0.310 e. The van der Waals surface area contributed by atoms with Crippen molar-refractivity contribution in [2.24, 2.45) is 50.2 Å². The number of carbonyl (C=O) groups is 1. The fraction of sp³-hybridized carbons (Fsp3) is 0.927. The molecule has 4 saturated carbocycles. The summed E-state index contributed by atoms with van der Waals surface area (Å²) in [6.45, 7) is 15.7. The molecular weight excluding hydrogens is 684 g/mol. The van der Waals surface area contributed by atoms with Gasteiger partial charge < -0.3 is 54.7 Å². The Labute approximate surface area is 314 Å². The molecule has 5 aliphatic carbocycles. The van der Waals surface area contributed by atoms with Crippen molar-refractivity contribution < 1.29 is 59.5 Å². The van der Waals surface area contributed by atoms with Crippen LogP contribution in [-0.2, 0) is 23.7 Å². The summed E-state index contributed by atoms with van der Waals surface area (Å²) >= 11 is 0. The molecule has 2 aliphatic heterocycles. The lowest BCUT2D eigenvalue weighted by Crippen LogP contribution is -2.66. The van der Waals surface area contributed by atoms with E-state index in [1.807, 2.05) is 0 Å². The summed E-state index contributed by atoms with van der Waals surface area (Å²) in [4.78, 5) is 13.0. The van der Waals surface area contributed by atoms with Crippen LogP contribution in [0.4, 0.5) is 0 Å². The summed E-state index contributed by atoms with van der Waals surface area (Å²) in [5.41, 5.74) is 0.450. The van der Waals surface area contributed by atoms with E-state index in [1.165, 1.54) is 5.57 Å². The van der Waals surface area contributed by atoms with Gasteiger partial charge in [0.25, 0.3) is 0 Å². The Kier molecular flexibility index (Phi) is 10.2. The van der Waals surface area contributed by atoms with Crippen molar-refractivity contribution in [2.75, 3.05) is 13.2 Å². The lowest BCUT2D eigenvalue weighted by molar-refractivity contribution is -0.367. The van der Waals surface area contributed by atoms with Crippen LogP contribution in [0.2, 0.25) is 0 Å². The molecule has 2 saturated heterocycles. The summed E-state index contributed by atoms with van der Waals surface area (Å²) in [7, 11) is 0. The highest BCUT2D eigenvalue weighted by molar-refractivity contribution is 5.76. The van der Waals surface area contributed by atoms with E-state index in [0.717, 1.165) is 64.2 Å². The van der Waals surface area contributed by atoms with Crippen LogP contribution < -0.4 is 0 Å². The molecule has 7 rings (SSSR count). The zero-order chi connectivity index (χ0) is 38.7. The first-order chi connectivity index (χ1) is 24.7. The summed E-state index contributed by atoms with van der Waals surface area (Å²) in [6, 6.07) is 0. The Bertz CT molecular complexity index is 1430. The third-order valence-electron chi connectivity index (χ3n) is 16.9. The standard InChI is InChI=1S/C41H66O12/c1-36(2)14-16-41(35(48)49)17-15-39(6)21(22(41)18-36)8-9-26-38(5)12-11-27(37(3,4)25(38)10-13-40(26,39)7)52-34-32(28(44)23(43)20-50-34)53-33-31(47)30(46)29(45)24(19-42)51-33/h8,22-34,42-47H,9-20H2,1-7H3,(H,48,49)/t22?,23-,24-,25?,26?,27+,28+,29-,30+,31-,32-,33+,34+,38+,39-,40-,41+/m1/s1. The number of rotatable bonds is 6. The second-order valence-corrected chi connectivity index (χ2v) is 20.2. The predicted octanol–water partition coefficient (Wildman–Crippen LogP) is 3.52. The van der Waals surface area contributed by atoms with Crippen LogP contribution in [-0.4, -0.2) is 116 Å². The molecule has 6 fully saturated rings. The van der Waals surface area contributed by atoms with Gasteiger partial charge in [-0.15, -0.1) is 0 Å². The number of fused-ring (bicyclic) bond motifs is 7. The van der Waals surface area contributed by atoms with Gasteiger partial charge >= 0.3 is 5.97 Å². The Balaban J connectivity index is 1.13. The molecule has 0 aromatic heterocycles. The maximum atomic E-state index is 13.0. The Morgan fingerprint density at radius 2 is 1.51 bits per heavy atom. The number of carboxylic acids is 1. The van der Waals surface area contributed by atoms with E-state index in [1.54, 1.807) is 0 Å². The van der Waals surface area contributed by atoms with Gasteiger partial charge in [-0.05, 0) is 109 Å². The van der Waals surface area contributed by atoms with Crippen molar-refractivity contribution in [1.29, 1.82) is 0 Å². The molecule has 17 atom stereocenters. The SMILES string of the molecule is CC1(C)CC[C@]2(C(=O)O)CC[C@]3(C)C(=CCC4[C@@]5(C)CC[C@H](O[C@@H]6OC[C@@H](O)[C@H](O)[C@H]6O[C@@H]6O[C@H](CO)[C@@H](O)[C@H](O)[C@H]6O)C(C)(C)C5CC[C@]43C)C2C1. The summed E-state index contributed by atoms with van der Waals surface area (Å²) in [5.74, 6) is 0.147. The molecule has 0 aromatic carbocycles. The number of carboxylic acid groups (broad SMARTS) is 1. The molecular formula is C41H66O12. The maximum Gasteiger partial charge on any atom is 0.310 e. The largest absolute Gasteiger partial charge is 0.481 e. The van der Waals surface area contributed by atoms with E-state index in [-0.39, 0.29) is 45.7 Å². The minimum absolute atomic E-state index is 0.00935. The normalized spacial score (nSPS) is 53.3. The average Bonchev–Trinajstić information content (AvgIpc) is 3.08. The zero-order valence-corrected chi connectivity index (χ0v) is 32.7. The molecule has 3 unspecified atom stereocenters. The van der Waals surface area contributed by atoms with E-state index in [4.69, 9.17) is 18.9 Å². The number of hydrogen-bond acceptors (Lipinski definition) is 11. The highest BCUT2D eigenvalue weighted by Gasteiger charge is 2.69. The third kappa shape index (κ3) is 5.94. The molecule has 2 heterocycles. The Morgan fingerprint density at radius 3 is 2.19 bits per heavy atom. The molecule has 0 aromatic rings. The average molecular weight is 751 g/mol. The van der Waals surface area contributed by atoms with Crippen molar-refractivity contribution >= 4 is 5.97 Å². The molecule has 12 heteroatoms. The fourth-order valence-electron chi connectivity index (χ4n) is 13.4. The van der Waals surface area contributed by atoms with Gasteiger partial charge in [0, 0.05) is 0 Å². The summed E-state index contributed by atoms with van der Waals surface area (Å²) in [5, 5.41) is 73.3. The molecule has 302 valence electrons. The van der Waals surface area contributed by atoms with Crippen molar-refractivity contribution in [3.63, 3.8) is 0 Å². The highest BCUT2D eigenvalue weighted by atomic mass is 16.8. The van der Waals surface area contributed by atoms with Crippen molar-refractivity contribution in [2.45, 2.75) is 174 Å². The van der Waals surface area contributed by atoms with Crippen LogP contribution in [0.1, 0.15) is 113 Å². The van der Waals surface area contributed by atoms with E-state index in [9.17, 15) is 40.5 Å². The predicted molar refractivity (Wildman–Crippen MR) is 192 cm³/mol. The Hall–Kier alpha value is -1.19. The monoisotopic (exact) mass is 750 g/mol. The van der Waals surface area contributed by atoms with Gasteiger partial charge in [-0.25, -0.2) is 0 Å².